The minimum atomic E-state index is -0.871. The molecule has 3 heterocycles. The van der Waals surface area contributed by atoms with Gasteiger partial charge in [-0.05, 0) is 44.6 Å². The van der Waals surface area contributed by atoms with Crippen LogP contribution in [-0.2, 0) is 17.8 Å². The van der Waals surface area contributed by atoms with E-state index < -0.39 is 11.5 Å². The number of aryl methyl sites for hydroxylation is 1. The standard InChI is InChI=1S/C19H30N4O3/c1-4-23-15(11-14(21-23)10-13(2)3)17(25)22-9-6-16(24)19(12-22)7-5-8-20-18(19)26/h11,13,16,24H,4-10,12H2,1-3H3,(H,20,26)/t16-,19-/m1/s1. The van der Waals surface area contributed by atoms with Crippen LogP contribution in [0.3, 0.4) is 0 Å². The van der Waals surface area contributed by atoms with Gasteiger partial charge in [0.2, 0.25) is 5.91 Å². The largest absolute Gasteiger partial charge is 0.392 e. The molecule has 7 heteroatoms. The van der Waals surface area contributed by atoms with Crippen LogP contribution in [-0.4, -0.2) is 57.3 Å². The van der Waals surface area contributed by atoms with E-state index in [9.17, 15) is 14.7 Å². The van der Waals surface area contributed by atoms with Crippen molar-refractivity contribution in [1.82, 2.24) is 20.0 Å². The van der Waals surface area contributed by atoms with Gasteiger partial charge in [-0.25, -0.2) is 0 Å². The van der Waals surface area contributed by atoms with Crippen molar-refractivity contribution in [2.75, 3.05) is 19.6 Å². The summed E-state index contributed by atoms with van der Waals surface area (Å²) in [6, 6.07) is 1.88. The Morgan fingerprint density at radius 1 is 1.50 bits per heavy atom. The fourth-order valence-electron chi connectivity index (χ4n) is 4.18. The van der Waals surface area contributed by atoms with Crippen LogP contribution >= 0.6 is 0 Å². The summed E-state index contributed by atoms with van der Waals surface area (Å²) in [5, 5.41) is 17.9. The molecule has 0 bridgehead atoms. The Hall–Kier alpha value is -1.89. The lowest BCUT2D eigenvalue weighted by Gasteiger charge is -2.46. The molecule has 1 spiro atoms. The Labute approximate surface area is 154 Å². The van der Waals surface area contributed by atoms with Gasteiger partial charge in [-0.15, -0.1) is 0 Å². The number of nitrogens with one attached hydrogen (secondary N) is 1. The third-order valence-corrected chi connectivity index (χ3v) is 5.57. The number of hydrogen-bond donors (Lipinski definition) is 2. The number of amides is 2. The third kappa shape index (κ3) is 3.37. The lowest BCUT2D eigenvalue weighted by atomic mass is 9.71. The van der Waals surface area contributed by atoms with Crippen LogP contribution in [0.2, 0.25) is 0 Å². The maximum atomic E-state index is 13.2. The van der Waals surface area contributed by atoms with Crippen molar-refractivity contribution in [1.29, 1.82) is 0 Å². The van der Waals surface area contributed by atoms with Crippen molar-refractivity contribution in [3.63, 3.8) is 0 Å². The second kappa shape index (κ2) is 7.39. The minimum Gasteiger partial charge on any atom is -0.392 e. The van der Waals surface area contributed by atoms with E-state index in [4.69, 9.17) is 0 Å². The molecule has 0 saturated carbocycles. The zero-order chi connectivity index (χ0) is 18.9. The normalized spacial score (nSPS) is 26.4. The van der Waals surface area contributed by atoms with Crippen LogP contribution in [0.25, 0.3) is 0 Å². The first-order valence-electron chi connectivity index (χ1n) is 9.69. The Kier molecular flexibility index (Phi) is 5.37. The summed E-state index contributed by atoms with van der Waals surface area (Å²) in [6.45, 7) is 8.23. The third-order valence-electron chi connectivity index (χ3n) is 5.57. The van der Waals surface area contributed by atoms with Gasteiger partial charge in [0, 0.05) is 26.2 Å². The second-order valence-electron chi connectivity index (χ2n) is 7.98. The van der Waals surface area contributed by atoms with Gasteiger partial charge in [0.15, 0.2) is 0 Å². The number of nitrogens with zero attached hydrogens (tertiary/aromatic N) is 3. The monoisotopic (exact) mass is 362 g/mol. The van der Waals surface area contributed by atoms with Crippen molar-refractivity contribution in [3.05, 3.63) is 17.5 Å². The SMILES string of the molecule is CCn1nc(CC(C)C)cc1C(=O)N1CC[C@@H](O)[C@@]2(CCCNC2=O)C1. The molecule has 2 aliphatic heterocycles. The maximum Gasteiger partial charge on any atom is 0.272 e. The second-order valence-corrected chi connectivity index (χ2v) is 7.98. The van der Waals surface area contributed by atoms with Gasteiger partial charge < -0.3 is 15.3 Å². The lowest BCUT2D eigenvalue weighted by molar-refractivity contribution is -0.147. The summed E-state index contributed by atoms with van der Waals surface area (Å²) in [4.78, 5) is 27.4. The quantitative estimate of drug-likeness (QED) is 0.843. The molecule has 2 fully saturated rings. The molecule has 0 aromatic carbocycles. The summed E-state index contributed by atoms with van der Waals surface area (Å²) >= 11 is 0. The van der Waals surface area contributed by atoms with Gasteiger partial charge in [-0.1, -0.05) is 13.8 Å². The van der Waals surface area contributed by atoms with Crippen LogP contribution in [0.4, 0.5) is 0 Å². The molecule has 7 nitrogen and oxygen atoms in total. The molecular weight excluding hydrogens is 332 g/mol. The first kappa shape index (κ1) is 18.9. The fraction of sp³-hybridized carbons (Fsp3) is 0.737. The number of aliphatic hydroxyl groups excluding tert-OH is 1. The highest BCUT2D eigenvalue weighted by Crippen LogP contribution is 2.37. The molecule has 0 radical (unpaired) electrons. The van der Waals surface area contributed by atoms with Crippen LogP contribution < -0.4 is 5.32 Å². The number of likely N-dealkylation sites (tertiary alicyclic amines) is 1. The number of rotatable bonds is 4. The number of hydrogen-bond acceptors (Lipinski definition) is 4. The summed E-state index contributed by atoms with van der Waals surface area (Å²) < 4.78 is 1.75. The van der Waals surface area contributed by atoms with Crippen LogP contribution in [0.5, 0.6) is 0 Å². The van der Waals surface area contributed by atoms with Gasteiger partial charge in [0.25, 0.3) is 5.91 Å². The number of carbonyl (C=O) groups excluding carboxylic acids is 2. The minimum absolute atomic E-state index is 0.0981. The number of aliphatic hydroxyl groups is 1. The molecule has 1 aromatic heterocycles. The van der Waals surface area contributed by atoms with Gasteiger partial charge >= 0.3 is 0 Å². The fourth-order valence-corrected chi connectivity index (χ4v) is 4.18. The smallest absolute Gasteiger partial charge is 0.272 e. The highest BCUT2D eigenvalue weighted by Gasteiger charge is 2.50. The molecule has 0 aliphatic carbocycles. The predicted molar refractivity (Wildman–Crippen MR) is 97.6 cm³/mol. The zero-order valence-electron chi connectivity index (χ0n) is 16.0. The summed E-state index contributed by atoms with van der Waals surface area (Å²) in [5.41, 5.74) is 0.627. The van der Waals surface area contributed by atoms with E-state index in [0.29, 0.717) is 44.1 Å². The molecule has 1 aromatic rings. The molecule has 2 N–H and O–H groups in total. The summed E-state index contributed by atoms with van der Waals surface area (Å²) in [5.74, 6) is 0.245. The highest BCUT2D eigenvalue weighted by molar-refractivity contribution is 5.94. The van der Waals surface area contributed by atoms with E-state index in [1.165, 1.54) is 0 Å². The van der Waals surface area contributed by atoms with Gasteiger partial charge in [0.1, 0.15) is 5.69 Å². The number of aromatic nitrogens is 2. The van der Waals surface area contributed by atoms with Crippen LogP contribution in [0.1, 0.15) is 56.2 Å². The average molecular weight is 362 g/mol. The average Bonchev–Trinajstić information content (AvgIpc) is 3.01. The van der Waals surface area contributed by atoms with Gasteiger partial charge in [-0.2, -0.15) is 5.10 Å². The van der Waals surface area contributed by atoms with Crippen molar-refractivity contribution in [3.8, 4) is 0 Å². The van der Waals surface area contributed by atoms with E-state index in [2.05, 4.69) is 24.3 Å². The van der Waals surface area contributed by atoms with Crippen molar-refractivity contribution < 1.29 is 14.7 Å². The molecular formula is C19H30N4O3. The van der Waals surface area contributed by atoms with E-state index >= 15 is 0 Å². The van der Waals surface area contributed by atoms with Gasteiger partial charge in [0.05, 0.1) is 17.2 Å². The Morgan fingerprint density at radius 3 is 2.92 bits per heavy atom. The Morgan fingerprint density at radius 2 is 2.27 bits per heavy atom. The molecule has 2 saturated heterocycles. The van der Waals surface area contributed by atoms with Crippen molar-refractivity contribution in [2.24, 2.45) is 11.3 Å². The van der Waals surface area contributed by atoms with Crippen molar-refractivity contribution >= 4 is 11.8 Å². The molecule has 2 amide bonds. The maximum absolute atomic E-state index is 13.2. The first-order valence-corrected chi connectivity index (χ1v) is 9.69. The molecule has 3 rings (SSSR count). The van der Waals surface area contributed by atoms with E-state index in [1.807, 2.05) is 13.0 Å². The molecule has 2 atom stereocenters. The molecule has 0 unspecified atom stereocenters. The van der Waals surface area contributed by atoms with Crippen molar-refractivity contribution in [2.45, 2.75) is 59.1 Å². The summed E-state index contributed by atoms with van der Waals surface area (Å²) in [6.07, 6.45) is 2.02. The lowest BCUT2D eigenvalue weighted by Crippen LogP contribution is -2.62. The first-order chi connectivity index (χ1) is 12.4. The van der Waals surface area contributed by atoms with Crippen LogP contribution in [0.15, 0.2) is 6.07 Å². The van der Waals surface area contributed by atoms with E-state index in [0.717, 1.165) is 18.5 Å². The number of piperidine rings is 2. The Balaban J connectivity index is 1.83. The van der Waals surface area contributed by atoms with E-state index in [-0.39, 0.29) is 18.4 Å². The van der Waals surface area contributed by atoms with E-state index in [1.54, 1.807) is 9.58 Å². The van der Waals surface area contributed by atoms with Gasteiger partial charge in [-0.3, -0.25) is 14.3 Å². The molecule has 26 heavy (non-hydrogen) atoms. The highest BCUT2D eigenvalue weighted by atomic mass is 16.3. The van der Waals surface area contributed by atoms with Crippen LogP contribution in [0, 0.1) is 11.3 Å². The predicted octanol–water partition coefficient (Wildman–Crippen LogP) is 1.20. The Bertz CT molecular complexity index is 684. The summed E-state index contributed by atoms with van der Waals surface area (Å²) in [7, 11) is 0. The molecule has 2 aliphatic rings. The topological polar surface area (TPSA) is 87.5 Å². The number of carbonyl (C=O) groups is 2. The zero-order valence-corrected chi connectivity index (χ0v) is 16.0. The molecule has 144 valence electrons.